The summed E-state index contributed by atoms with van der Waals surface area (Å²) in [6.45, 7) is -0.0786. The third-order valence-corrected chi connectivity index (χ3v) is 4.93. The molecule has 0 spiro atoms. The summed E-state index contributed by atoms with van der Waals surface area (Å²) in [5, 5.41) is 8.06. The second kappa shape index (κ2) is 7.25. The highest BCUT2D eigenvalue weighted by molar-refractivity contribution is 6.11. The van der Waals surface area contributed by atoms with Gasteiger partial charge in [0.25, 0.3) is 0 Å². The Hall–Kier alpha value is -3.75. The van der Waals surface area contributed by atoms with Crippen LogP contribution in [-0.2, 0) is 12.7 Å². The van der Waals surface area contributed by atoms with Crippen LogP contribution < -0.4 is 5.73 Å². The molecule has 30 heavy (non-hydrogen) atoms. The summed E-state index contributed by atoms with van der Waals surface area (Å²) in [7, 11) is 0. The summed E-state index contributed by atoms with van der Waals surface area (Å²) < 4.78 is 55.4. The number of amidine groups is 1. The largest absolute Gasteiger partial charge is 0.416 e. The third-order valence-electron chi connectivity index (χ3n) is 4.93. The quantitative estimate of drug-likeness (QED) is 0.146. The Morgan fingerprint density at radius 3 is 2.43 bits per heavy atom. The van der Waals surface area contributed by atoms with Crippen molar-refractivity contribution in [3.05, 3.63) is 83.2 Å². The van der Waals surface area contributed by atoms with E-state index in [9.17, 15) is 17.6 Å². The van der Waals surface area contributed by atoms with E-state index in [2.05, 4.69) is 10.3 Å². The SMILES string of the molecule is N=NN=C(N)c1ccc2c(c1)c1ccccc1n2Cc1cc(C(F)(F)F)ccc1F. The zero-order chi connectivity index (χ0) is 21.5. The third kappa shape index (κ3) is 3.38. The van der Waals surface area contributed by atoms with Gasteiger partial charge in [0.05, 0.1) is 12.1 Å². The van der Waals surface area contributed by atoms with Crippen LogP contribution in [0.2, 0.25) is 0 Å². The number of hydrogen-bond donors (Lipinski definition) is 2. The van der Waals surface area contributed by atoms with Crippen LogP contribution in [0.5, 0.6) is 0 Å². The monoisotopic (exact) mass is 413 g/mol. The average molecular weight is 413 g/mol. The van der Waals surface area contributed by atoms with Gasteiger partial charge in [-0.1, -0.05) is 23.4 Å². The van der Waals surface area contributed by atoms with E-state index in [4.69, 9.17) is 11.3 Å². The van der Waals surface area contributed by atoms with Crippen molar-refractivity contribution in [2.75, 3.05) is 0 Å². The molecule has 0 unspecified atom stereocenters. The highest BCUT2D eigenvalue weighted by atomic mass is 19.4. The molecule has 1 heterocycles. The molecule has 4 rings (SSSR count). The van der Waals surface area contributed by atoms with Gasteiger partial charge in [-0.15, -0.1) is 5.10 Å². The van der Waals surface area contributed by atoms with Crippen molar-refractivity contribution in [1.82, 2.24) is 4.57 Å². The Labute approximate surface area is 167 Å². The van der Waals surface area contributed by atoms with Gasteiger partial charge in [-0.3, -0.25) is 0 Å². The lowest BCUT2D eigenvalue weighted by atomic mass is 10.1. The second-order valence-corrected chi connectivity index (χ2v) is 6.72. The molecule has 0 aliphatic rings. The molecule has 0 fully saturated rings. The molecule has 0 aliphatic heterocycles. The Morgan fingerprint density at radius 1 is 0.967 bits per heavy atom. The van der Waals surface area contributed by atoms with Crippen molar-refractivity contribution in [3.8, 4) is 0 Å². The molecule has 0 saturated heterocycles. The molecular weight excluding hydrogens is 398 g/mol. The Bertz CT molecular complexity index is 1300. The van der Waals surface area contributed by atoms with Gasteiger partial charge in [0.1, 0.15) is 5.82 Å². The Kier molecular flexibility index (Phi) is 4.73. The van der Waals surface area contributed by atoms with E-state index in [1.807, 2.05) is 18.2 Å². The molecule has 0 aliphatic carbocycles. The molecular formula is C21H15F4N5. The van der Waals surface area contributed by atoms with Gasteiger partial charge >= 0.3 is 6.18 Å². The summed E-state index contributed by atoms with van der Waals surface area (Å²) in [6, 6.07) is 14.9. The van der Waals surface area contributed by atoms with Gasteiger partial charge in [0.2, 0.25) is 0 Å². The zero-order valence-corrected chi connectivity index (χ0v) is 15.4. The zero-order valence-electron chi connectivity index (χ0n) is 15.4. The second-order valence-electron chi connectivity index (χ2n) is 6.72. The minimum Gasteiger partial charge on any atom is -0.382 e. The van der Waals surface area contributed by atoms with E-state index in [1.54, 1.807) is 28.8 Å². The van der Waals surface area contributed by atoms with Crippen molar-refractivity contribution in [3.63, 3.8) is 0 Å². The number of nitrogens with zero attached hydrogens (tertiary/aromatic N) is 3. The van der Waals surface area contributed by atoms with Crippen molar-refractivity contribution < 1.29 is 17.6 Å². The number of alkyl halides is 3. The molecule has 4 aromatic rings. The van der Waals surface area contributed by atoms with E-state index >= 15 is 0 Å². The molecule has 3 aromatic carbocycles. The molecule has 152 valence electrons. The van der Waals surface area contributed by atoms with Crippen LogP contribution in [0, 0.1) is 11.3 Å². The summed E-state index contributed by atoms with van der Waals surface area (Å²) in [6.07, 6.45) is -4.56. The van der Waals surface area contributed by atoms with Gasteiger partial charge in [0.15, 0.2) is 5.84 Å². The predicted molar refractivity (Wildman–Crippen MR) is 106 cm³/mol. The predicted octanol–water partition coefficient (Wildman–Crippen LogP) is 5.65. The van der Waals surface area contributed by atoms with Crippen LogP contribution in [0.4, 0.5) is 17.6 Å². The van der Waals surface area contributed by atoms with E-state index in [1.165, 1.54) is 0 Å². The summed E-state index contributed by atoms with van der Waals surface area (Å²) in [4.78, 5) is 0. The van der Waals surface area contributed by atoms with Gasteiger partial charge in [-0.25, -0.2) is 4.39 Å². The molecule has 0 amide bonds. The number of nitrogens with two attached hydrogens (primary N) is 1. The van der Waals surface area contributed by atoms with E-state index < -0.39 is 17.6 Å². The first kappa shape index (κ1) is 19.6. The highest BCUT2D eigenvalue weighted by Crippen LogP contribution is 2.33. The van der Waals surface area contributed by atoms with Crippen LogP contribution in [-0.4, -0.2) is 10.4 Å². The van der Waals surface area contributed by atoms with Crippen LogP contribution >= 0.6 is 0 Å². The highest BCUT2D eigenvalue weighted by Gasteiger charge is 2.31. The van der Waals surface area contributed by atoms with Crippen molar-refractivity contribution in [2.24, 2.45) is 16.1 Å². The molecule has 0 saturated carbocycles. The van der Waals surface area contributed by atoms with Gasteiger partial charge in [-0.2, -0.15) is 18.7 Å². The maximum absolute atomic E-state index is 14.4. The molecule has 3 N–H and O–H groups in total. The Morgan fingerprint density at radius 2 is 1.70 bits per heavy atom. The van der Waals surface area contributed by atoms with E-state index in [0.717, 1.165) is 34.5 Å². The van der Waals surface area contributed by atoms with Gasteiger partial charge < -0.3 is 10.3 Å². The number of hydrogen-bond acceptors (Lipinski definition) is 2. The number of para-hydroxylation sites is 1. The fraction of sp³-hybridized carbons (Fsp3) is 0.0952. The summed E-state index contributed by atoms with van der Waals surface area (Å²) in [5.41, 5.74) is 13.7. The first-order chi connectivity index (χ1) is 14.3. The van der Waals surface area contributed by atoms with Gasteiger partial charge in [-0.05, 0) is 42.5 Å². The molecule has 5 nitrogen and oxygen atoms in total. The first-order valence-corrected chi connectivity index (χ1v) is 8.86. The van der Waals surface area contributed by atoms with Crippen LogP contribution in [0.15, 0.2) is 71.0 Å². The lowest BCUT2D eigenvalue weighted by Gasteiger charge is -2.12. The van der Waals surface area contributed by atoms with Crippen LogP contribution in [0.3, 0.4) is 0 Å². The smallest absolute Gasteiger partial charge is 0.382 e. The molecule has 9 heteroatoms. The lowest BCUT2D eigenvalue weighted by Crippen LogP contribution is -2.12. The fourth-order valence-corrected chi connectivity index (χ4v) is 3.54. The fourth-order valence-electron chi connectivity index (χ4n) is 3.54. The maximum atomic E-state index is 14.4. The number of fused-ring (bicyclic) bond motifs is 3. The van der Waals surface area contributed by atoms with E-state index in [-0.39, 0.29) is 17.9 Å². The standard InChI is InChI=1S/C21H15F4N5/c22-17-7-6-14(21(23,24)25)9-13(17)11-30-18-4-2-1-3-15(18)16-10-12(5-8-19(16)30)20(26)28-29-27/h1-10H,11H2,(H3,26,27,28). The minimum atomic E-state index is -4.56. The first-order valence-electron chi connectivity index (χ1n) is 8.86. The number of rotatable bonds is 4. The van der Waals surface area contributed by atoms with Crippen LogP contribution in [0.1, 0.15) is 16.7 Å². The van der Waals surface area contributed by atoms with Crippen molar-refractivity contribution in [1.29, 1.82) is 5.53 Å². The summed E-state index contributed by atoms with van der Waals surface area (Å²) >= 11 is 0. The lowest BCUT2D eigenvalue weighted by molar-refractivity contribution is -0.137. The molecule has 0 atom stereocenters. The van der Waals surface area contributed by atoms with E-state index in [0.29, 0.717) is 11.1 Å². The molecule has 0 bridgehead atoms. The number of halogens is 4. The Balaban J connectivity index is 1.91. The average Bonchev–Trinajstić information content (AvgIpc) is 3.02. The number of aromatic nitrogens is 1. The van der Waals surface area contributed by atoms with Crippen molar-refractivity contribution >= 4 is 27.6 Å². The minimum absolute atomic E-state index is 0.0626. The maximum Gasteiger partial charge on any atom is 0.416 e. The topological polar surface area (TPSA) is 79.5 Å². The number of benzene rings is 3. The summed E-state index contributed by atoms with van der Waals surface area (Å²) in [5.74, 6) is -0.647. The van der Waals surface area contributed by atoms with Crippen molar-refractivity contribution in [2.45, 2.75) is 12.7 Å². The molecule has 0 radical (unpaired) electrons. The molecule has 1 aromatic heterocycles. The normalized spacial score (nSPS) is 12.6. The van der Waals surface area contributed by atoms with Crippen LogP contribution in [0.25, 0.3) is 21.8 Å². The number of nitrogens with one attached hydrogen (secondary N) is 1. The van der Waals surface area contributed by atoms with Gasteiger partial charge in [0, 0.05) is 32.9 Å².